The summed E-state index contributed by atoms with van der Waals surface area (Å²) in [6.07, 6.45) is -0.0132. The van der Waals surface area contributed by atoms with Gasteiger partial charge in [0.05, 0.1) is 16.8 Å². The number of carbonyl (C=O) groups is 2. The number of carboxylic acids is 1. The van der Waals surface area contributed by atoms with Crippen molar-refractivity contribution in [2.75, 3.05) is 19.0 Å². The number of rotatable bonds is 3. The maximum absolute atomic E-state index is 12.3. The van der Waals surface area contributed by atoms with Crippen LogP contribution in [-0.2, 0) is 9.53 Å². The van der Waals surface area contributed by atoms with Gasteiger partial charge in [-0.15, -0.1) is 0 Å². The number of carboxylic acid groups (broad SMARTS) is 1. The van der Waals surface area contributed by atoms with E-state index in [9.17, 15) is 14.7 Å². The Labute approximate surface area is 135 Å². The Morgan fingerprint density at radius 2 is 2.24 bits per heavy atom. The first-order valence-electron chi connectivity index (χ1n) is 6.20. The quantitative estimate of drug-likeness (QED) is 0.849. The van der Waals surface area contributed by atoms with E-state index in [-0.39, 0.29) is 19.1 Å². The molecule has 21 heavy (non-hydrogen) atoms. The van der Waals surface area contributed by atoms with Gasteiger partial charge in [-0.1, -0.05) is 27.5 Å². The number of nitrogens with one attached hydrogen (secondary N) is 1. The molecule has 8 heteroatoms. The van der Waals surface area contributed by atoms with Crippen LogP contribution >= 0.6 is 27.5 Å². The average Bonchev–Trinajstić information content (AvgIpc) is 2.87. The number of hydrogen-bond acceptors (Lipinski definition) is 3. The molecule has 2 rings (SSSR count). The van der Waals surface area contributed by atoms with Crippen molar-refractivity contribution in [3.8, 4) is 0 Å². The van der Waals surface area contributed by atoms with Gasteiger partial charge in [0.1, 0.15) is 6.04 Å². The van der Waals surface area contributed by atoms with E-state index in [0.29, 0.717) is 10.7 Å². The van der Waals surface area contributed by atoms with E-state index >= 15 is 0 Å². The fourth-order valence-electron chi connectivity index (χ4n) is 2.21. The van der Waals surface area contributed by atoms with E-state index in [4.69, 9.17) is 16.3 Å². The van der Waals surface area contributed by atoms with Crippen molar-refractivity contribution in [2.45, 2.75) is 18.6 Å². The lowest BCUT2D eigenvalue weighted by Gasteiger charge is -2.22. The summed E-state index contributed by atoms with van der Waals surface area (Å²) in [5.41, 5.74) is 0.418. The van der Waals surface area contributed by atoms with Crippen molar-refractivity contribution in [3.63, 3.8) is 0 Å². The Balaban J connectivity index is 2.15. The van der Waals surface area contributed by atoms with Crippen LogP contribution in [0.4, 0.5) is 10.5 Å². The van der Waals surface area contributed by atoms with Crippen molar-refractivity contribution in [1.82, 2.24) is 4.90 Å². The lowest BCUT2D eigenvalue weighted by molar-refractivity contribution is -0.141. The molecule has 2 amide bonds. The molecule has 0 saturated carbocycles. The molecule has 1 fully saturated rings. The Kier molecular flexibility index (Phi) is 5.08. The molecule has 114 valence electrons. The highest BCUT2D eigenvalue weighted by molar-refractivity contribution is 9.10. The molecule has 0 aliphatic carbocycles. The lowest BCUT2D eigenvalue weighted by atomic mass is 10.2. The van der Waals surface area contributed by atoms with E-state index in [2.05, 4.69) is 21.2 Å². The van der Waals surface area contributed by atoms with Gasteiger partial charge in [-0.3, -0.25) is 0 Å². The van der Waals surface area contributed by atoms with Crippen LogP contribution in [0.15, 0.2) is 22.7 Å². The molecule has 0 bridgehead atoms. The van der Waals surface area contributed by atoms with Gasteiger partial charge < -0.3 is 20.1 Å². The fourth-order valence-corrected chi connectivity index (χ4v) is 2.73. The number of ether oxygens (including phenoxy) is 1. The molecule has 1 aliphatic rings. The van der Waals surface area contributed by atoms with Gasteiger partial charge in [-0.25, -0.2) is 9.59 Å². The molecule has 2 unspecified atom stereocenters. The average molecular weight is 378 g/mol. The van der Waals surface area contributed by atoms with Crippen LogP contribution in [0.3, 0.4) is 0 Å². The molecule has 0 radical (unpaired) electrons. The SMILES string of the molecule is COC1CC(C(=O)O)N(C(=O)Nc2cc(Br)ccc2Cl)C1. The van der Waals surface area contributed by atoms with Gasteiger partial charge in [-0.2, -0.15) is 0 Å². The van der Waals surface area contributed by atoms with Gasteiger partial charge in [0.2, 0.25) is 0 Å². The highest BCUT2D eigenvalue weighted by Crippen LogP contribution is 2.27. The number of methoxy groups -OCH3 is 1. The Morgan fingerprint density at radius 1 is 1.52 bits per heavy atom. The second kappa shape index (κ2) is 6.64. The molecule has 1 saturated heterocycles. The standard InChI is InChI=1S/C13H14BrClN2O4/c1-21-8-5-11(12(18)19)17(6-8)13(20)16-10-4-7(14)2-3-9(10)15/h2-4,8,11H,5-6H2,1H3,(H,16,20)(H,18,19). The lowest BCUT2D eigenvalue weighted by Crippen LogP contribution is -2.43. The molecule has 6 nitrogen and oxygen atoms in total. The molecule has 1 aromatic carbocycles. The number of anilines is 1. The fraction of sp³-hybridized carbons (Fsp3) is 0.385. The first-order chi connectivity index (χ1) is 9.92. The molecule has 0 spiro atoms. The summed E-state index contributed by atoms with van der Waals surface area (Å²) in [4.78, 5) is 24.8. The van der Waals surface area contributed by atoms with Crippen LogP contribution in [0, 0.1) is 0 Å². The minimum Gasteiger partial charge on any atom is -0.480 e. The maximum atomic E-state index is 12.3. The third-order valence-electron chi connectivity index (χ3n) is 3.31. The summed E-state index contributed by atoms with van der Waals surface area (Å²) in [5.74, 6) is -1.05. The molecule has 2 atom stereocenters. The topological polar surface area (TPSA) is 78.9 Å². The molecule has 1 heterocycles. The van der Waals surface area contributed by atoms with Crippen molar-refractivity contribution in [1.29, 1.82) is 0 Å². The first-order valence-corrected chi connectivity index (χ1v) is 7.37. The summed E-state index contributed by atoms with van der Waals surface area (Å²) in [6, 6.07) is 3.62. The van der Waals surface area contributed by atoms with Crippen molar-refractivity contribution in [3.05, 3.63) is 27.7 Å². The van der Waals surface area contributed by atoms with Gasteiger partial charge in [0.15, 0.2) is 0 Å². The summed E-state index contributed by atoms with van der Waals surface area (Å²) >= 11 is 9.29. The van der Waals surface area contributed by atoms with Gasteiger partial charge in [0.25, 0.3) is 0 Å². The monoisotopic (exact) mass is 376 g/mol. The number of halogens is 2. The van der Waals surface area contributed by atoms with E-state index < -0.39 is 18.0 Å². The molecular weight excluding hydrogens is 364 g/mol. The molecule has 0 aromatic heterocycles. The van der Waals surface area contributed by atoms with Gasteiger partial charge in [0, 0.05) is 24.5 Å². The highest BCUT2D eigenvalue weighted by atomic mass is 79.9. The first kappa shape index (κ1) is 16.1. The number of aliphatic carboxylic acids is 1. The van der Waals surface area contributed by atoms with Crippen LogP contribution in [-0.4, -0.2) is 47.8 Å². The van der Waals surface area contributed by atoms with Crippen LogP contribution < -0.4 is 5.32 Å². The zero-order valence-electron chi connectivity index (χ0n) is 11.2. The van der Waals surface area contributed by atoms with Crippen molar-refractivity contribution >= 4 is 45.2 Å². The molecule has 1 aliphatic heterocycles. The summed E-state index contributed by atoms with van der Waals surface area (Å²) < 4.78 is 5.90. The van der Waals surface area contributed by atoms with Crippen LogP contribution in [0.1, 0.15) is 6.42 Å². The second-order valence-corrected chi connectivity index (χ2v) is 5.98. The molecule has 2 N–H and O–H groups in total. The minimum atomic E-state index is -1.05. The number of hydrogen-bond donors (Lipinski definition) is 2. The highest BCUT2D eigenvalue weighted by Gasteiger charge is 2.40. The van der Waals surface area contributed by atoms with Crippen molar-refractivity contribution in [2.24, 2.45) is 0 Å². The largest absolute Gasteiger partial charge is 0.480 e. The van der Waals surface area contributed by atoms with Crippen LogP contribution in [0.2, 0.25) is 5.02 Å². The van der Waals surface area contributed by atoms with Crippen molar-refractivity contribution < 1.29 is 19.4 Å². The van der Waals surface area contributed by atoms with Gasteiger partial charge >= 0.3 is 12.0 Å². The van der Waals surface area contributed by atoms with Crippen LogP contribution in [0.25, 0.3) is 0 Å². The number of benzene rings is 1. The second-order valence-electron chi connectivity index (χ2n) is 4.65. The zero-order valence-corrected chi connectivity index (χ0v) is 13.5. The number of carbonyl (C=O) groups excluding carboxylic acids is 1. The third kappa shape index (κ3) is 3.66. The van der Waals surface area contributed by atoms with Gasteiger partial charge in [-0.05, 0) is 18.2 Å². The number of urea groups is 1. The third-order valence-corrected chi connectivity index (χ3v) is 4.13. The Bertz CT molecular complexity index is 569. The Hall–Kier alpha value is -1.31. The number of likely N-dealkylation sites (tertiary alicyclic amines) is 1. The number of nitrogens with zero attached hydrogens (tertiary/aromatic N) is 1. The normalized spacial score (nSPS) is 21.4. The maximum Gasteiger partial charge on any atom is 0.326 e. The smallest absolute Gasteiger partial charge is 0.326 e. The summed E-state index contributed by atoms with van der Waals surface area (Å²) in [5, 5.41) is 12.2. The summed E-state index contributed by atoms with van der Waals surface area (Å²) in [6.45, 7) is 0.227. The van der Waals surface area contributed by atoms with E-state index in [1.165, 1.54) is 12.0 Å². The molecular formula is C13H14BrClN2O4. The number of amides is 2. The summed E-state index contributed by atoms with van der Waals surface area (Å²) in [7, 11) is 1.50. The van der Waals surface area contributed by atoms with E-state index in [1.807, 2.05) is 0 Å². The minimum absolute atomic E-state index is 0.227. The Morgan fingerprint density at radius 3 is 2.86 bits per heavy atom. The van der Waals surface area contributed by atoms with Crippen LogP contribution in [0.5, 0.6) is 0 Å². The molecule has 1 aromatic rings. The predicted octanol–water partition coefficient (Wildman–Crippen LogP) is 2.81. The van der Waals surface area contributed by atoms with E-state index in [1.54, 1.807) is 18.2 Å². The predicted molar refractivity (Wildman–Crippen MR) is 81.7 cm³/mol. The zero-order chi connectivity index (χ0) is 15.6. The van der Waals surface area contributed by atoms with E-state index in [0.717, 1.165) is 4.47 Å².